The molecule has 0 aliphatic carbocycles. The van der Waals surface area contributed by atoms with Crippen LogP contribution in [-0.4, -0.2) is 42.2 Å². The summed E-state index contributed by atoms with van der Waals surface area (Å²) in [5, 5.41) is 9.13. The predicted octanol–water partition coefficient (Wildman–Crippen LogP) is 2.48. The number of likely N-dealkylation sites (tertiary alicyclic amines) is 1. The van der Waals surface area contributed by atoms with Crippen LogP contribution in [0.4, 0.5) is 4.39 Å². The molecular formula is C15H19ClFNO3. The first-order valence-corrected chi connectivity index (χ1v) is 7.44. The zero-order valence-electron chi connectivity index (χ0n) is 11.7. The zero-order chi connectivity index (χ0) is 15.2. The summed E-state index contributed by atoms with van der Waals surface area (Å²) < 4.78 is 18.3. The Hall–Kier alpha value is -1.33. The summed E-state index contributed by atoms with van der Waals surface area (Å²) in [7, 11) is 0. The van der Waals surface area contributed by atoms with E-state index in [1.54, 1.807) is 4.90 Å². The van der Waals surface area contributed by atoms with Gasteiger partial charge in [-0.2, -0.15) is 0 Å². The molecule has 1 aromatic rings. The Kier molecular flexibility index (Phi) is 5.82. The van der Waals surface area contributed by atoms with Crippen LogP contribution in [0.1, 0.15) is 19.3 Å². The van der Waals surface area contributed by atoms with Crippen molar-refractivity contribution >= 4 is 17.5 Å². The lowest BCUT2D eigenvalue weighted by Crippen LogP contribution is -2.42. The quantitative estimate of drug-likeness (QED) is 0.908. The molecular weight excluding hydrogens is 297 g/mol. The molecule has 0 bridgehead atoms. The largest absolute Gasteiger partial charge is 0.482 e. The van der Waals surface area contributed by atoms with Gasteiger partial charge in [-0.3, -0.25) is 4.79 Å². The van der Waals surface area contributed by atoms with Crippen LogP contribution in [0, 0.1) is 11.7 Å². The van der Waals surface area contributed by atoms with Gasteiger partial charge in [0.1, 0.15) is 11.6 Å². The van der Waals surface area contributed by atoms with Crippen LogP contribution < -0.4 is 4.74 Å². The summed E-state index contributed by atoms with van der Waals surface area (Å²) >= 11 is 5.85. The van der Waals surface area contributed by atoms with Crippen LogP contribution in [0.5, 0.6) is 5.75 Å². The highest BCUT2D eigenvalue weighted by Gasteiger charge is 2.23. The van der Waals surface area contributed by atoms with Crippen LogP contribution in [0.25, 0.3) is 0 Å². The van der Waals surface area contributed by atoms with Gasteiger partial charge in [0.25, 0.3) is 5.91 Å². The molecule has 1 N–H and O–H groups in total. The average molecular weight is 316 g/mol. The van der Waals surface area contributed by atoms with Gasteiger partial charge in [-0.25, -0.2) is 4.39 Å². The van der Waals surface area contributed by atoms with E-state index in [2.05, 4.69) is 0 Å². The molecule has 0 spiro atoms. The lowest BCUT2D eigenvalue weighted by atomic mass is 9.95. The van der Waals surface area contributed by atoms with Crippen LogP contribution in [0.15, 0.2) is 18.2 Å². The second-order valence-corrected chi connectivity index (χ2v) is 5.63. The molecule has 6 heteroatoms. The maximum atomic E-state index is 12.9. The first-order chi connectivity index (χ1) is 10.1. The third kappa shape index (κ3) is 4.58. The number of carbonyl (C=O) groups excluding carboxylic acids is 1. The van der Waals surface area contributed by atoms with Crippen molar-refractivity contribution in [1.29, 1.82) is 0 Å². The first-order valence-electron chi connectivity index (χ1n) is 7.06. The molecule has 1 unspecified atom stereocenters. The van der Waals surface area contributed by atoms with Crippen molar-refractivity contribution < 1.29 is 19.0 Å². The fraction of sp³-hybridized carbons (Fsp3) is 0.533. The number of aliphatic hydroxyl groups excluding tert-OH is 1. The third-order valence-electron chi connectivity index (χ3n) is 3.65. The number of aliphatic hydroxyl groups is 1. The van der Waals surface area contributed by atoms with E-state index in [1.165, 1.54) is 12.1 Å². The van der Waals surface area contributed by atoms with Crippen molar-refractivity contribution in [3.8, 4) is 5.75 Å². The van der Waals surface area contributed by atoms with Gasteiger partial charge in [-0.05, 0) is 43.4 Å². The highest BCUT2D eigenvalue weighted by molar-refractivity contribution is 6.32. The minimum atomic E-state index is -0.443. The Morgan fingerprint density at radius 3 is 3.05 bits per heavy atom. The van der Waals surface area contributed by atoms with Gasteiger partial charge in [-0.15, -0.1) is 0 Å². The van der Waals surface area contributed by atoms with Crippen molar-refractivity contribution in [3.05, 3.63) is 29.0 Å². The molecule has 0 radical (unpaired) electrons. The van der Waals surface area contributed by atoms with E-state index in [-0.39, 0.29) is 24.1 Å². The van der Waals surface area contributed by atoms with E-state index in [4.69, 9.17) is 21.4 Å². The number of nitrogens with zero attached hydrogens (tertiary/aromatic N) is 1. The maximum absolute atomic E-state index is 12.9. The number of piperidine rings is 1. The van der Waals surface area contributed by atoms with Gasteiger partial charge >= 0.3 is 0 Å². The lowest BCUT2D eigenvalue weighted by molar-refractivity contribution is -0.135. The molecule has 4 nitrogen and oxygen atoms in total. The number of carbonyl (C=O) groups is 1. The summed E-state index contributed by atoms with van der Waals surface area (Å²) in [4.78, 5) is 13.9. The molecule has 1 fully saturated rings. The van der Waals surface area contributed by atoms with Gasteiger partial charge in [0.05, 0.1) is 5.02 Å². The molecule has 1 amide bonds. The van der Waals surface area contributed by atoms with E-state index >= 15 is 0 Å². The fourth-order valence-corrected chi connectivity index (χ4v) is 2.75. The van der Waals surface area contributed by atoms with Crippen molar-refractivity contribution in [2.24, 2.45) is 5.92 Å². The van der Waals surface area contributed by atoms with Gasteiger partial charge in [-0.1, -0.05) is 11.6 Å². The molecule has 2 rings (SSSR count). The van der Waals surface area contributed by atoms with Gasteiger partial charge in [0.2, 0.25) is 0 Å². The minimum Gasteiger partial charge on any atom is -0.482 e. The topological polar surface area (TPSA) is 49.8 Å². The number of benzene rings is 1. The average Bonchev–Trinajstić information content (AvgIpc) is 2.47. The maximum Gasteiger partial charge on any atom is 0.260 e. The molecule has 1 aliphatic rings. The highest BCUT2D eigenvalue weighted by Crippen LogP contribution is 2.25. The van der Waals surface area contributed by atoms with Crippen LogP contribution in [-0.2, 0) is 4.79 Å². The number of hydrogen-bond acceptors (Lipinski definition) is 3. The van der Waals surface area contributed by atoms with Crippen molar-refractivity contribution in [2.75, 3.05) is 26.3 Å². The molecule has 1 saturated heterocycles. The van der Waals surface area contributed by atoms with E-state index in [9.17, 15) is 9.18 Å². The molecule has 1 atom stereocenters. The summed E-state index contributed by atoms with van der Waals surface area (Å²) in [5.74, 6) is 0.0945. The highest BCUT2D eigenvalue weighted by atomic mass is 35.5. The standard InChI is InChI=1S/C15H19ClFNO3/c16-13-8-12(17)3-4-14(13)21-10-15(20)18-6-1-2-11(9-18)5-7-19/h3-4,8,11,19H,1-2,5-7,9-10H2. The van der Waals surface area contributed by atoms with E-state index in [1.807, 2.05) is 0 Å². The monoisotopic (exact) mass is 315 g/mol. The summed E-state index contributed by atoms with van der Waals surface area (Å²) in [5.41, 5.74) is 0. The SMILES string of the molecule is O=C(COc1ccc(F)cc1Cl)N1CCCC(CCO)C1. The summed E-state index contributed by atoms with van der Waals surface area (Å²) in [6.45, 7) is 1.40. The van der Waals surface area contributed by atoms with E-state index < -0.39 is 5.82 Å². The molecule has 0 aromatic heterocycles. The summed E-state index contributed by atoms with van der Waals surface area (Å²) in [6, 6.07) is 3.80. The Morgan fingerprint density at radius 1 is 1.52 bits per heavy atom. The Balaban J connectivity index is 1.86. The number of halogens is 2. The van der Waals surface area contributed by atoms with Crippen LogP contribution in [0.2, 0.25) is 5.02 Å². The fourth-order valence-electron chi connectivity index (χ4n) is 2.53. The number of amides is 1. The van der Waals surface area contributed by atoms with Gasteiger partial charge < -0.3 is 14.7 Å². The minimum absolute atomic E-state index is 0.113. The molecule has 21 heavy (non-hydrogen) atoms. The molecule has 1 aliphatic heterocycles. The summed E-state index contributed by atoms with van der Waals surface area (Å²) in [6.07, 6.45) is 2.69. The Labute approximate surface area is 128 Å². The van der Waals surface area contributed by atoms with Crippen LogP contribution >= 0.6 is 11.6 Å². The number of rotatable bonds is 5. The Morgan fingerprint density at radius 2 is 2.33 bits per heavy atom. The molecule has 1 heterocycles. The first kappa shape index (κ1) is 16.0. The van der Waals surface area contributed by atoms with E-state index in [0.29, 0.717) is 31.2 Å². The van der Waals surface area contributed by atoms with Gasteiger partial charge in [0.15, 0.2) is 6.61 Å². The third-order valence-corrected chi connectivity index (χ3v) is 3.95. The normalized spacial score (nSPS) is 18.6. The smallest absolute Gasteiger partial charge is 0.260 e. The van der Waals surface area contributed by atoms with E-state index in [0.717, 1.165) is 18.9 Å². The molecule has 1 aromatic carbocycles. The molecule has 0 saturated carbocycles. The second kappa shape index (κ2) is 7.61. The van der Waals surface area contributed by atoms with Crippen molar-refractivity contribution in [3.63, 3.8) is 0 Å². The Bertz CT molecular complexity index is 496. The number of hydrogen-bond donors (Lipinski definition) is 1. The number of ether oxygens (including phenoxy) is 1. The predicted molar refractivity (Wildman–Crippen MR) is 77.9 cm³/mol. The van der Waals surface area contributed by atoms with Gasteiger partial charge in [0, 0.05) is 19.7 Å². The lowest BCUT2D eigenvalue weighted by Gasteiger charge is -2.32. The van der Waals surface area contributed by atoms with Crippen molar-refractivity contribution in [1.82, 2.24) is 4.90 Å². The second-order valence-electron chi connectivity index (χ2n) is 5.22. The van der Waals surface area contributed by atoms with Crippen molar-refractivity contribution in [2.45, 2.75) is 19.3 Å². The van der Waals surface area contributed by atoms with Crippen LogP contribution in [0.3, 0.4) is 0 Å². The zero-order valence-corrected chi connectivity index (χ0v) is 12.5. The molecule has 116 valence electrons.